The third kappa shape index (κ3) is 2.04. The molecule has 0 N–H and O–H groups in total. The van der Waals surface area contributed by atoms with Gasteiger partial charge in [0.15, 0.2) is 5.78 Å². The fourth-order valence-electron chi connectivity index (χ4n) is 3.52. The summed E-state index contributed by atoms with van der Waals surface area (Å²) >= 11 is 0. The highest BCUT2D eigenvalue weighted by Gasteiger charge is 2.43. The largest absolute Gasteiger partial charge is 0.289 e. The third-order valence-electron chi connectivity index (χ3n) is 4.20. The Kier molecular flexibility index (Phi) is 2.86. The van der Waals surface area contributed by atoms with Crippen LogP contribution in [0.4, 0.5) is 0 Å². The lowest BCUT2D eigenvalue weighted by Gasteiger charge is -2.26. The van der Waals surface area contributed by atoms with Crippen LogP contribution in [0.3, 0.4) is 0 Å². The fraction of sp³-hybridized carbons (Fsp3) is 0.353. The molecule has 0 saturated carbocycles. The van der Waals surface area contributed by atoms with Crippen LogP contribution in [-0.2, 0) is 0 Å². The van der Waals surface area contributed by atoms with E-state index in [2.05, 4.69) is 31.8 Å². The fourth-order valence-corrected chi connectivity index (χ4v) is 5.96. The summed E-state index contributed by atoms with van der Waals surface area (Å²) in [5.41, 5.74) is 1.96. The molecule has 98 valence electrons. The van der Waals surface area contributed by atoms with Gasteiger partial charge >= 0.3 is 0 Å². The van der Waals surface area contributed by atoms with Crippen molar-refractivity contribution in [3.63, 3.8) is 0 Å². The van der Waals surface area contributed by atoms with Gasteiger partial charge in [0.1, 0.15) is 0 Å². The summed E-state index contributed by atoms with van der Waals surface area (Å²) in [6.07, 6.45) is 5.69. The highest BCUT2D eigenvalue weighted by atomic mass is 28.3. The summed E-state index contributed by atoms with van der Waals surface area (Å²) in [7, 11) is -1.43. The number of fused-ring (bicyclic) bond motifs is 2. The first kappa shape index (κ1) is 12.6. The van der Waals surface area contributed by atoms with Crippen molar-refractivity contribution in [2.24, 2.45) is 11.8 Å². The zero-order valence-electron chi connectivity index (χ0n) is 11.8. The lowest BCUT2D eigenvalue weighted by Crippen LogP contribution is -2.30. The van der Waals surface area contributed by atoms with E-state index in [-0.39, 0.29) is 5.78 Å². The van der Waals surface area contributed by atoms with E-state index >= 15 is 0 Å². The Morgan fingerprint density at radius 1 is 1.05 bits per heavy atom. The molecular formula is C17H20OSi. The Labute approximate surface area is 116 Å². The summed E-state index contributed by atoms with van der Waals surface area (Å²) in [6, 6.07) is 9.74. The van der Waals surface area contributed by atoms with E-state index in [4.69, 9.17) is 0 Å². The van der Waals surface area contributed by atoms with Gasteiger partial charge in [-0.25, -0.2) is 0 Å². The molecular weight excluding hydrogens is 248 g/mol. The molecule has 2 heteroatoms. The maximum Gasteiger partial charge on any atom is 0.189 e. The third-order valence-corrected chi connectivity index (χ3v) is 6.46. The average Bonchev–Trinajstić information content (AvgIpc) is 2.98. The molecule has 1 aromatic carbocycles. The van der Waals surface area contributed by atoms with Gasteiger partial charge in [-0.15, -0.1) is 0 Å². The second-order valence-electron chi connectivity index (χ2n) is 6.61. The Morgan fingerprint density at radius 2 is 1.68 bits per heavy atom. The normalized spacial score (nSPS) is 25.2. The summed E-state index contributed by atoms with van der Waals surface area (Å²) < 4.78 is 0. The summed E-state index contributed by atoms with van der Waals surface area (Å²) in [5.74, 6) is 1.17. The van der Waals surface area contributed by atoms with Gasteiger partial charge in [-0.2, -0.15) is 0 Å². The number of benzene rings is 1. The molecule has 0 fully saturated rings. The predicted molar refractivity (Wildman–Crippen MR) is 81.9 cm³/mol. The number of Topliss-reactive ketones (excluding diaryl/α,β-unsaturated/α-hetero) is 1. The molecule has 0 amide bonds. The van der Waals surface area contributed by atoms with Crippen LogP contribution < -0.4 is 0 Å². The van der Waals surface area contributed by atoms with Gasteiger partial charge < -0.3 is 0 Å². The van der Waals surface area contributed by atoms with Gasteiger partial charge in [0.2, 0.25) is 0 Å². The Morgan fingerprint density at radius 3 is 2.32 bits per heavy atom. The van der Waals surface area contributed by atoms with E-state index in [9.17, 15) is 4.79 Å². The lowest BCUT2D eigenvalue weighted by atomic mass is 9.94. The predicted octanol–water partition coefficient (Wildman–Crippen LogP) is 4.25. The van der Waals surface area contributed by atoms with Crippen molar-refractivity contribution in [3.05, 3.63) is 58.8 Å². The molecule has 0 radical (unpaired) electrons. The Hall–Kier alpha value is -1.41. The number of rotatable bonds is 3. The van der Waals surface area contributed by atoms with Crippen molar-refractivity contribution in [2.45, 2.75) is 26.1 Å². The van der Waals surface area contributed by atoms with Crippen LogP contribution in [-0.4, -0.2) is 13.9 Å². The highest BCUT2D eigenvalue weighted by molar-refractivity contribution is 6.83. The van der Waals surface area contributed by atoms with Crippen molar-refractivity contribution in [1.82, 2.24) is 0 Å². The molecule has 0 aromatic heterocycles. The summed E-state index contributed by atoms with van der Waals surface area (Å²) in [5, 5.41) is 1.49. The maximum absolute atomic E-state index is 12.8. The zero-order valence-corrected chi connectivity index (χ0v) is 12.8. The van der Waals surface area contributed by atoms with Crippen molar-refractivity contribution < 1.29 is 4.79 Å². The first-order chi connectivity index (χ1) is 8.98. The molecule has 0 spiro atoms. The molecule has 0 aliphatic heterocycles. The number of hydrogen-bond acceptors (Lipinski definition) is 1. The molecule has 19 heavy (non-hydrogen) atoms. The van der Waals surface area contributed by atoms with E-state index < -0.39 is 8.07 Å². The standard InChI is InChI=1S/C17H20OSi/c1-19(2,3)17-14-10-9-13(11-14)15(17)16(18)12-7-5-4-6-8-12/h4-10,13-14H,11H2,1-3H3/t13-,14+/m0/s1. The molecule has 2 atom stereocenters. The quantitative estimate of drug-likeness (QED) is 0.455. The number of carbonyl (C=O) groups is 1. The van der Waals surface area contributed by atoms with Gasteiger partial charge in [-0.3, -0.25) is 4.79 Å². The summed E-state index contributed by atoms with van der Waals surface area (Å²) in [6.45, 7) is 7.07. The highest BCUT2D eigenvalue weighted by Crippen LogP contribution is 2.48. The maximum atomic E-state index is 12.8. The molecule has 2 aliphatic carbocycles. The van der Waals surface area contributed by atoms with Crippen molar-refractivity contribution in [3.8, 4) is 0 Å². The Balaban J connectivity index is 2.07. The molecule has 1 aromatic rings. The van der Waals surface area contributed by atoms with Crippen LogP contribution in [0.2, 0.25) is 19.6 Å². The molecule has 0 unspecified atom stereocenters. The van der Waals surface area contributed by atoms with Crippen molar-refractivity contribution >= 4 is 13.9 Å². The second kappa shape index (κ2) is 4.31. The number of allylic oxidation sites excluding steroid dienone is 4. The van der Waals surface area contributed by atoms with Crippen molar-refractivity contribution in [2.75, 3.05) is 0 Å². The van der Waals surface area contributed by atoms with E-state index in [1.54, 1.807) is 0 Å². The van der Waals surface area contributed by atoms with Crippen LogP contribution in [0.15, 0.2) is 53.3 Å². The first-order valence-electron chi connectivity index (χ1n) is 7.01. The molecule has 0 saturated heterocycles. The number of carbonyl (C=O) groups excluding carboxylic acids is 1. The second-order valence-corrected chi connectivity index (χ2v) is 11.6. The van der Waals surface area contributed by atoms with Crippen molar-refractivity contribution in [1.29, 1.82) is 0 Å². The summed E-state index contributed by atoms with van der Waals surface area (Å²) in [4.78, 5) is 12.8. The minimum Gasteiger partial charge on any atom is -0.289 e. The van der Waals surface area contributed by atoms with E-state index in [0.717, 1.165) is 17.6 Å². The number of ketones is 1. The van der Waals surface area contributed by atoms with Crippen LogP contribution in [0, 0.1) is 11.8 Å². The molecule has 2 bridgehead atoms. The average molecular weight is 268 g/mol. The van der Waals surface area contributed by atoms with Gasteiger partial charge in [0.25, 0.3) is 0 Å². The molecule has 0 heterocycles. The monoisotopic (exact) mass is 268 g/mol. The van der Waals surface area contributed by atoms with Gasteiger partial charge in [-0.05, 0) is 12.3 Å². The minimum atomic E-state index is -1.43. The minimum absolute atomic E-state index is 0.259. The Bertz CT molecular complexity index is 575. The van der Waals surface area contributed by atoms with Crippen LogP contribution >= 0.6 is 0 Å². The SMILES string of the molecule is C[Si](C)(C)C1=C(C(=O)c2ccccc2)[C@H]2C=C[C@@H]1C2. The van der Waals surface area contributed by atoms with Gasteiger partial charge in [-0.1, -0.05) is 67.3 Å². The zero-order chi connectivity index (χ0) is 13.6. The van der Waals surface area contributed by atoms with Crippen LogP contribution in [0.5, 0.6) is 0 Å². The van der Waals surface area contributed by atoms with E-state index in [1.165, 1.54) is 5.20 Å². The smallest absolute Gasteiger partial charge is 0.189 e. The van der Waals surface area contributed by atoms with Gasteiger partial charge in [0.05, 0.1) is 8.07 Å². The van der Waals surface area contributed by atoms with E-state index in [1.807, 2.05) is 30.3 Å². The van der Waals surface area contributed by atoms with Crippen LogP contribution in [0.1, 0.15) is 16.8 Å². The molecule has 2 aliphatic rings. The molecule has 3 rings (SSSR count). The topological polar surface area (TPSA) is 17.1 Å². The van der Waals surface area contributed by atoms with Crippen LogP contribution in [0.25, 0.3) is 0 Å². The molecule has 1 nitrogen and oxygen atoms in total. The first-order valence-corrected chi connectivity index (χ1v) is 10.5. The number of hydrogen-bond donors (Lipinski definition) is 0. The van der Waals surface area contributed by atoms with Gasteiger partial charge in [0, 0.05) is 17.1 Å². The van der Waals surface area contributed by atoms with E-state index in [0.29, 0.717) is 11.8 Å². The lowest BCUT2D eigenvalue weighted by molar-refractivity contribution is 0.102.